The smallest absolute Gasteiger partial charge is 0.302 e. The lowest BCUT2D eigenvalue weighted by atomic mass is 9.51. The Balaban J connectivity index is 2.13. The Labute approximate surface area is 126 Å². The Morgan fingerprint density at radius 1 is 1.52 bits per heavy atom. The number of rotatable bonds is 3. The topological polar surface area (TPSA) is 63.6 Å². The number of carbonyl (C=O) groups excluding carboxylic acids is 2. The van der Waals surface area contributed by atoms with Crippen molar-refractivity contribution < 1.29 is 19.4 Å². The molecule has 2 saturated carbocycles. The summed E-state index contributed by atoms with van der Waals surface area (Å²) in [6, 6.07) is 0. The van der Waals surface area contributed by atoms with Gasteiger partial charge in [0.2, 0.25) is 0 Å². The monoisotopic (exact) mass is 294 g/mol. The highest BCUT2D eigenvalue weighted by Gasteiger charge is 2.52. The van der Waals surface area contributed by atoms with Gasteiger partial charge in [0.05, 0.1) is 13.2 Å². The lowest BCUT2D eigenvalue weighted by Crippen LogP contribution is -2.50. The van der Waals surface area contributed by atoms with E-state index in [1.165, 1.54) is 12.5 Å². The molecule has 4 heteroatoms. The van der Waals surface area contributed by atoms with Gasteiger partial charge in [-0.3, -0.25) is 9.59 Å². The molecule has 21 heavy (non-hydrogen) atoms. The number of hydrogen-bond donors (Lipinski definition) is 1. The van der Waals surface area contributed by atoms with E-state index < -0.39 is 0 Å². The highest BCUT2D eigenvalue weighted by molar-refractivity contribution is 5.81. The Morgan fingerprint density at radius 3 is 2.86 bits per heavy atom. The summed E-state index contributed by atoms with van der Waals surface area (Å²) in [6.07, 6.45) is 3.98. The average molecular weight is 294 g/mol. The third-order valence-electron chi connectivity index (χ3n) is 5.34. The van der Waals surface area contributed by atoms with Gasteiger partial charge in [-0.05, 0) is 37.5 Å². The molecule has 0 heterocycles. The molecule has 1 N–H and O–H groups in total. The molecule has 4 nitrogen and oxygen atoms in total. The first-order valence-electron chi connectivity index (χ1n) is 7.82. The van der Waals surface area contributed by atoms with Gasteiger partial charge in [0.1, 0.15) is 5.78 Å². The van der Waals surface area contributed by atoms with Crippen molar-refractivity contribution >= 4 is 11.8 Å². The molecule has 0 aromatic rings. The van der Waals surface area contributed by atoms with E-state index in [4.69, 9.17) is 4.74 Å². The quantitative estimate of drug-likeness (QED) is 0.641. The lowest BCUT2D eigenvalue weighted by molar-refractivity contribution is -0.153. The van der Waals surface area contributed by atoms with Gasteiger partial charge in [-0.1, -0.05) is 19.1 Å². The number of aliphatic hydroxyl groups is 1. The molecule has 0 spiro atoms. The van der Waals surface area contributed by atoms with Crippen LogP contribution in [0.2, 0.25) is 0 Å². The van der Waals surface area contributed by atoms with Crippen molar-refractivity contribution in [3.8, 4) is 0 Å². The van der Waals surface area contributed by atoms with E-state index in [1.807, 2.05) is 0 Å². The van der Waals surface area contributed by atoms with Gasteiger partial charge >= 0.3 is 5.97 Å². The van der Waals surface area contributed by atoms with E-state index in [9.17, 15) is 14.7 Å². The van der Waals surface area contributed by atoms with E-state index in [-0.39, 0.29) is 35.6 Å². The Morgan fingerprint density at radius 2 is 2.24 bits per heavy atom. The summed E-state index contributed by atoms with van der Waals surface area (Å²) in [5.41, 5.74) is 1.07. The first-order valence-corrected chi connectivity index (χ1v) is 7.82. The van der Waals surface area contributed by atoms with E-state index in [2.05, 4.69) is 13.5 Å². The van der Waals surface area contributed by atoms with Crippen LogP contribution in [0.15, 0.2) is 12.2 Å². The summed E-state index contributed by atoms with van der Waals surface area (Å²) in [5.74, 6) is 0.170. The number of Topliss-reactive ketones (excluding diaryl/α,β-unsaturated/α-hetero) is 1. The van der Waals surface area contributed by atoms with E-state index in [1.54, 1.807) is 0 Å². The summed E-state index contributed by atoms with van der Waals surface area (Å²) in [4.78, 5) is 23.4. The Hall–Kier alpha value is -1.16. The third-order valence-corrected chi connectivity index (χ3v) is 5.34. The second-order valence-electron chi connectivity index (χ2n) is 6.95. The van der Waals surface area contributed by atoms with E-state index in [0.717, 1.165) is 25.7 Å². The molecule has 4 atom stereocenters. The number of hydrogen-bond acceptors (Lipinski definition) is 4. The van der Waals surface area contributed by atoms with Gasteiger partial charge in [0, 0.05) is 24.7 Å². The van der Waals surface area contributed by atoms with Crippen molar-refractivity contribution in [1.82, 2.24) is 0 Å². The number of ether oxygens (including phenoxy) is 1. The van der Waals surface area contributed by atoms with Crippen molar-refractivity contribution in [3.63, 3.8) is 0 Å². The molecule has 2 aliphatic rings. The highest BCUT2D eigenvalue weighted by atomic mass is 16.5. The van der Waals surface area contributed by atoms with E-state index >= 15 is 0 Å². The molecule has 2 unspecified atom stereocenters. The van der Waals surface area contributed by atoms with Crippen LogP contribution in [-0.4, -0.2) is 30.1 Å². The van der Waals surface area contributed by atoms with Crippen molar-refractivity contribution in [2.75, 3.05) is 13.2 Å². The van der Waals surface area contributed by atoms with E-state index in [0.29, 0.717) is 18.9 Å². The van der Waals surface area contributed by atoms with Crippen LogP contribution in [0, 0.1) is 23.2 Å². The van der Waals surface area contributed by atoms with Crippen molar-refractivity contribution in [3.05, 3.63) is 12.2 Å². The second kappa shape index (κ2) is 6.30. The molecular weight excluding hydrogens is 268 g/mol. The first kappa shape index (κ1) is 16.2. The zero-order chi connectivity index (χ0) is 15.6. The van der Waals surface area contributed by atoms with Gasteiger partial charge in [-0.15, -0.1) is 0 Å². The predicted molar refractivity (Wildman–Crippen MR) is 79.5 cm³/mol. The zero-order valence-electron chi connectivity index (χ0n) is 13.1. The van der Waals surface area contributed by atoms with Crippen molar-refractivity contribution in [1.29, 1.82) is 0 Å². The minimum absolute atomic E-state index is 0.0661. The standard InChI is InChI=1S/C17H26O4/c1-11-5-4-6-13(9-18)16(20)7-15-14(11)8-17(15,3)10-21-12(2)19/h13-15,18H,1,4-10H2,2-3H3/t13?,14?,15-,17-/m1/s1. The normalized spacial score (nSPS) is 36.8. The van der Waals surface area contributed by atoms with Crippen LogP contribution in [0.25, 0.3) is 0 Å². The molecule has 0 aliphatic heterocycles. The molecule has 2 aliphatic carbocycles. The third kappa shape index (κ3) is 3.37. The van der Waals surface area contributed by atoms with Gasteiger partial charge < -0.3 is 9.84 Å². The summed E-state index contributed by atoms with van der Waals surface area (Å²) >= 11 is 0. The number of allylic oxidation sites excluding steroid dienone is 1. The number of aliphatic hydroxyl groups excluding tert-OH is 1. The number of carbonyl (C=O) groups is 2. The maximum absolute atomic E-state index is 12.4. The van der Waals surface area contributed by atoms with Crippen LogP contribution in [0.5, 0.6) is 0 Å². The maximum atomic E-state index is 12.4. The van der Waals surface area contributed by atoms with Crippen molar-refractivity contribution in [2.45, 2.75) is 46.0 Å². The largest absolute Gasteiger partial charge is 0.465 e. The SMILES string of the molecule is C=C1CCCC(CO)C(=O)C[C@@H]2C1C[C@]2(C)COC(C)=O. The molecule has 0 bridgehead atoms. The summed E-state index contributed by atoms with van der Waals surface area (Å²) in [7, 11) is 0. The lowest BCUT2D eigenvalue weighted by Gasteiger charge is -2.53. The number of esters is 1. The average Bonchev–Trinajstić information content (AvgIpc) is 2.47. The first-order chi connectivity index (χ1) is 9.87. The van der Waals surface area contributed by atoms with Crippen LogP contribution < -0.4 is 0 Å². The minimum atomic E-state index is -0.277. The second-order valence-corrected chi connectivity index (χ2v) is 6.95. The minimum Gasteiger partial charge on any atom is -0.465 e. The molecule has 2 rings (SSSR count). The molecule has 2 fully saturated rings. The van der Waals surface area contributed by atoms with Gasteiger partial charge in [-0.2, -0.15) is 0 Å². The molecule has 0 aromatic carbocycles. The zero-order valence-corrected chi connectivity index (χ0v) is 13.1. The molecule has 0 saturated heterocycles. The van der Waals surface area contributed by atoms with Crippen LogP contribution >= 0.6 is 0 Å². The molecular formula is C17H26O4. The summed E-state index contributed by atoms with van der Waals surface area (Å²) < 4.78 is 5.20. The number of ketones is 1. The summed E-state index contributed by atoms with van der Waals surface area (Å²) in [5, 5.41) is 9.40. The fourth-order valence-electron chi connectivity index (χ4n) is 3.87. The van der Waals surface area contributed by atoms with Crippen LogP contribution in [0.4, 0.5) is 0 Å². The Bertz CT molecular complexity index is 442. The van der Waals surface area contributed by atoms with Crippen LogP contribution in [0.3, 0.4) is 0 Å². The fraction of sp³-hybridized carbons (Fsp3) is 0.765. The van der Waals surface area contributed by atoms with Crippen LogP contribution in [-0.2, 0) is 14.3 Å². The molecule has 0 aromatic heterocycles. The van der Waals surface area contributed by atoms with Gasteiger partial charge in [-0.25, -0.2) is 0 Å². The molecule has 118 valence electrons. The van der Waals surface area contributed by atoms with Crippen molar-refractivity contribution in [2.24, 2.45) is 23.2 Å². The summed E-state index contributed by atoms with van der Waals surface area (Å²) in [6.45, 7) is 8.00. The molecule has 0 radical (unpaired) electrons. The molecule has 0 amide bonds. The van der Waals surface area contributed by atoms with Crippen LogP contribution in [0.1, 0.15) is 46.0 Å². The Kier molecular flexibility index (Phi) is 4.87. The highest BCUT2D eigenvalue weighted by Crippen LogP contribution is 2.56. The van der Waals surface area contributed by atoms with Gasteiger partial charge in [0.15, 0.2) is 0 Å². The predicted octanol–water partition coefficient (Wildman–Crippen LogP) is 2.50. The maximum Gasteiger partial charge on any atom is 0.302 e. The fourth-order valence-corrected chi connectivity index (χ4v) is 3.87. The van der Waals surface area contributed by atoms with Gasteiger partial charge in [0.25, 0.3) is 0 Å². The number of fused-ring (bicyclic) bond motifs is 1.